The molecule has 1 saturated heterocycles. The van der Waals surface area contributed by atoms with Gasteiger partial charge in [0.15, 0.2) is 11.4 Å². The number of halogens is 3. The van der Waals surface area contributed by atoms with Crippen LogP contribution >= 0.6 is 0 Å². The summed E-state index contributed by atoms with van der Waals surface area (Å²) in [5.74, 6) is -1.93. The number of pyridine rings is 1. The van der Waals surface area contributed by atoms with Crippen molar-refractivity contribution in [2.75, 3.05) is 41.4 Å². The minimum Gasteiger partial charge on any atom is -0.497 e. The van der Waals surface area contributed by atoms with E-state index in [1.54, 1.807) is 31.1 Å². The Morgan fingerprint density at radius 1 is 1.15 bits per heavy atom. The van der Waals surface area contributed by atoms with Gasteiger partial charge in [-0.25, -0.2) is 9.78 Å². The summed E-state index contributed by atoms with van der Waals surface area (Å²) in [6.45, 7) is 3.61. The first kappa shape index (κ1) is 40.1. The molecule has 300 valence electrons. The number of rotatable bonds is 6. The van der Waals surface area contributed by atoms with Gasteiger partial charge >= 0.3 is 12.3 Å². The topological polar surface area (TPSA) is 151 Å². The number of carbonyl (C=O) groups is 4. The van der Waals surface area contributed by atoms with Crippen LogP contribution in [0, 0.1) is 11.8 Å². The number of fused-ring (bicyclic) bond motifs is 5. The van der Waals surface area contributed by atoms with Crippen LogP contribution in [-0.2, 0) is 25.3 Å². The number of nitrogens with zero attached hydrogens (tertiary/aromatic N) is 3. The molecule has 6 atom stereocenters. The zero-order valence-corrected chi connectivity index (χ0v) is 32.2. The van der Waals surface area contributed by atoms with E-state index in [1.807, 2.05) is 26.0 Å². The van der Waals surface area contributed by atoms with Crippen LogP contribution in [0.5, 0.6) is 11.5 Å². The third kappa shape index (κ3) is 8.05. The molecule has 1 aliphatic carbocycles. The van der Waals surface area contributed by atoms with Crippen LogP contribution in [0.3, 0.4) is 0 Å². The third-order valence-electron chi connectivity index (χ3n) is 11.1. The van der Waals surface area contributed by atoms with Crippen molar-refractivity contribution in [2.45, 2.75) is 101 Å². The van der Waals surface area contributed by atoms with E-state index in [2.05, 4.69) is 20.9 Å². The highest BCUT2D eigenvalue weighted by molar-refractivity contribution is 5.98. The molecular formula is C39H51F3N6O7. The van der Waals surface area contributed by atoms with E-state index in [0.717, 1.165) is 19.3 Å². The van der Waals surface area contributed by atoms with Crippen molar-refractivity contribution >= 4 is 34.7 Å². The van der Waals surface area contributed by atoms with Crippen molar-refractivity contribution in [3.05, 3.63) is 41.6 Å². The van der Waals surface area contributed by atoms with Crippen molar-refractivity contribution in [3.8, 4) is 11.5 Å². The number of alkyl carbamates (subject to hydrolysis) is 1. The maximum absolute atomic E-state index is 14.9. The monoisotopic (exact) mass is 772 g/mol. The number of hydrogen-bond acceptors (Lipinski definition) is 9. The Bertz CT molecular complexity index is 1850. The van der Waals surface area contributed by atoms with Crippen molar-refractivity contribution in [1.29, 1.82) is 0 Å². The van der Waals surface area contributed by atoms with E-state index >= 15 is 0 Å². The number of alkyl halides is 3. The molecule has 4 amide bonds. The Balaban J connectivity index is 1.45. The first-order chi connectivity index (χ1) is 26.0. The minimum atomic E-state index is -4.91. The summed E-state index contributed by atoms with van der Waals surface area (Å²) in [5, 5.41) is 8.71. The molecule has 16 heteroatoms. The first-order valence-corrected chi connectivity index (χ1v) is 18.9. The second-order valence-corrected chi connectivity index (χ2v) is 15.8. The molecule has 2 fully saturated rings. The summed E-state index contributed by atoms with van der Waals surface area (Å²) in [7, 11) is 6.43. The molecule has 0 bridgehead atoms. The average molecular weight is 773 g/mol. The molecule has 2 aromatic rings. The van der Waals surface area contributed by atoms with Crippen molar-refractivity contribution in [3.63, 3.8) is 0 Å². The number of nitrogens with one attached hydrogen (secondary N) is 3. The zero-order chi connectivity index (χ0) is 39.9. The van der Waals surface area contributed by atoms with Crippen LogP contribution in [-0.4, -0.2) is 103 Å². The molecule has 1 aromatic carbocycles. The molecule has 4 unspecified atom stereocenters. The molecule has 13 nitrogen and oxygen atoms in total. The number of carbonyl (C=O) groups excluding carboxylic acids is 4. The van der Waals surface area contributed by atoms with Gasteiger partial charge in [-0.15, -0.1) is 0 Å². The van der Waals surface area contributed by atoms with Crippen molar-refractivity contribution in [1.82, 2.24) is 30.7 Å². The number of likely N-dealkylation sites (N-methyl/N-ethyl adjacent to an activating group) is 1. The SMILES string of the molecule is CNC(=O)C12CC1/C=C\CCCCC[C@H](NC(=O)OCC(C)C)C(=O)N1C[C@@]3(CC(N(C)C)c4c(c(C(F)(F)F)nc5ccc(OC)cc45)O3)CC1C(=O)N2. The highest BCUT2D eigenvalue weighted by atomic mass is 19.4. The second-order valence-electron chi connectivity index (χ2n) is 15.8. The lowest BCUT2D eigenvalue weighted by atomic mass is 9.83. The largest absolute Gasteiger partial charge is 0.497 e. The lowest BCUT2D eigenvalue weighted by molar-refractivity contribution is -0.145. The van der Waals surface area contributed by atoms with E-state index in [1.165, 1.54) is 25.1 Å². The molecule has 1 saturated carbocycles. The lowest BCUT2D eigenvalue weighted by Gasteiger charge is -2.43. The first-order valence-electron chi connectivity index (χ1n) is 18.9. The molecule has 3 N–H and O–H groups in total. The minimum absolute atomic E-state index is 0.0399. The fourth-order valence-electron chi connectivity index (χ4n) is 8.23. The van der Waals surface area contributed by atoms with Gasteiger partial charge in [0.2, 0.25) is 17.7 Å². The fraction of sp³-hybridized carbons (Fsp3) is 0.615. The predicted octanol–water partition coefficient (Wildman–Crippen LogP) is 4.88. The van der Waals surface area contributed by atoms with Gasteiger partial charge in [0.1, 0.15) is 29.0 Å². The number of ether oxygens (including phenoxy) is 3. The Hall–Kier alpha value is -4.60. The number of benzene rings is 1. The average Bonchev–Trinajstić information content (AvgIpc) is 3.71. The number of hydrogen-bond donors (Lipinski definition) is 3. The van der Waals surface area contributed by atoms with Crippen LogP contribution in [0.1, 0.15) is 82.5 Å². The van der Waals surface area contributed by atoms with Gasteiger partial charge in [-0.05, 0) is 63.9 Å². The van der Waals surface area contributed by atoms with Crippen LogP contribution in [0.4, 0.5) is 18.0 Å². The van der Waals surface area contributed by atoms with Crippen LogP contribution < -0.4 is 25.4 Å². The summed E-state index contributed by atoms with van der Waals surface area (Å²) < 4.78 is 62.1. The third-order valence-corrected chi connectivity index (χ3v) is 11.1. The van der Waals surface area contributed by atoms with Crippen LogP contribution in [0.2, 0.25) is 0 Å². The number of aromatic nitrogens is 1. The number of amides is 4. The van der Waals surface area contributed by atoms with E-state index in [-0.39, 0.29) is 55.3 Å². The van der Waals surface area contributed by atoms with E-state index < -0.39 is 70.7 Å². The maximum Gasteiger partial charge on any atom is 0.437 e. The van der Waals surface area contributed by atoms with E-state index in [0.29, 0.717) is 24.0 Å². The van der Waals surface area contributed by atoms with Gasteiger partial charge in [0, 0.05) is 42.8 Å². The zero-order valence-electron chi connectivity index (χ0n) is 32.2. The molecular weight excluding hydrogens is 721 g/mol. The van der Waals surface area contributed by atoms with Gasteiger partial charge in [-0.2, -0.15) is 13.2 Å². The molecule has 1 spiro atoms. The number of methoxy groups -OCH3 is 1. The molecule has 0 radical (unpaired) electrons. The fourth-order valence-corrected chi connectivity index (χ4v) is 8.23. The summed E-state index contributed by atoms with van der Waals surface area (Å²) >= 11 is 0. The van der Waals surface area contributed by atoms with E-state index in [9.17, 15) is 32.3 Å². The van der Waals surface area contributed by atoms with Gasteiger partial charge in [0.25, 0.3) is 0 Å². The second kappa shape index (κ2) is 15.5. The van der Waals surface area contributed by atoms with Gasteiger partial charge in [-0.1, -0.05) is 38.8 Å². The molecule has 1 aromatic heterocycles. The standard InChI is InChI=1S/C39H51F3N6O7/c1-22(2)20-54-36(52)45-27-13-11-9-7-8-10-12-23-17-38(23,35(51)43-3)46-33(49)29-19-37(21-48(29)34(27)50)18-28(47(4)5)30-25-16-24(53-6)14-15-26(25)44-32(31(30)55-37)39(40,41)42/h10,12,14-16,22-23,27-29H,7-9,11,13,17-21H2,1-6H3,(H,43,51)(H,45,52)(H,46,49)/b12-10-/t23?,27-,28?,29?,37+,38?/m0/s1. The van der Waals surface area contributed by atoms with Crippen molar-refractivity contribution in [2.24, 2.45) is 11.8 Å². The Labute approximate surface area is 318 Å². The molecule has 4 heterocycles. The summed E-state index contributed by atoms with van der Waals surface area (Å²) in [6, 6.07) is 1.61. The summed E-state index contributed by atoms with van der Waals surface area (Å²) in [6.07, 6.45) is 1.55. The Kier molecular flexibility index (Phi) is 11.3. The van der Waals surface area contributed by atoms with Gasteiger partial charge < -0.3 is 40.0 Å². The highest BCUT2D eigenvalue weighted by Crippen LogP contribution is 2.53. The highest BCUT2D eigenvalue weighted by Gasteiger charge is 2.62. The predicted molar refractivity (Wildman–Crippen MR) is 196 cm³/mol. The maximum atomic E-state index is 14.9. The Morgan fingerprint density at radius 2 is 1.91 bits per heavy atom. The summed E-state index contributed by atoms with van der Waals surface area (Å²) in [4.78, 5) is 62.6. The Morgan fingerprint density at radius 3 is 2.58 bits per heavy atom. The molecule has 4 aliphatic rings. The normalized spacial score (nSPS) is 29.0. The molecule has 6 rings (SSSR count). The van der Waals surface area contributed by atoms with Gasteiger partial charge in [0.05, 0.1) is 25.8 Å². The quantitative estimate of drug-likeness (QED) is 0.349. The van der Waals surface area contributed by atoms with Crippen molar-refractivity contribution < 1.29 is 46.6 Å². The van der Waals surface area contributed by atoms with Crippen LogP contribution in [0.25, 0.3) is 10.9 Å². The number of allylic oxidation sites excluding steroid dienone is 1. The molecule has 55 heavy (non-hydrogen) atoms. The summed E-state index contributed by atoms with van der Waals surface area (Å²) in [5.41, 5.74) is -3.60. The van der Waals surface area contributed by atoms with Crippen LogP contribution in [0.15, 0.2) is 30.4 Å². The smallest absolute Gasteiger partial charge is 0.437 e. The van der Waals surface area contributed by atoms with Gasteiger partial charge in [-0.3, -0.25) is 14.4 Å². The lowest BCUT2D eigenvalue weighted by Crippen LogP contribution is -2.57. The molecule has 3 aliphatic heterocycles. The van der Waals surface area contributed by atoms with E-state index in [4.69, 9.17) is 14.2 Å².